The maximum Gasteiger partial charge on any atom is 0.397 e. The lowest BCUT2D eigenvalue weighted by atomic mass is 10.00. The molecule has 0 aliphatic carbocycles. The van der Waals surface area contributed by atoms with Crippen molar-refractivity contribution in [3.05, 3.63) is 52.1 Å². The van der Waals surface area contributed by atoms with Crippen molar-refractivity contribution in [3.63, 3.8) is 0 Å². The van der Waals surface area contributed by atoms with E-state index in [1.54, 1.807) is 33.8 Å². The molecule has 9 nitrogen and oxygen atoms in total. The van der Waals surface area contributed by atoms with Crippen LogP contribution in [0.1, 0.15) is 48.0 Å². The number of carbonyl (C=O) groups is 3. The number of hydrogen-bond acceptors (Lipinski definition) is 6. The van der Waals surface area contributed by atoms with Gasteiger partial charge in [0.1, 0.15) is 5.82 Å². The predicted octanol–water partition coefficient (Wildman–Crippen LogP) is 2.69. The zero-order chi connectivity index (χ0) is 24.3. The number of hydrogen-bond donors (Lipinski definition) is 4. The molecule has 2 aromatic rings. The Morgan fingerprint density at radius 3 is 2.67 bits per heavy atom. The van der Waals surface area contributed by atoms with Crippen molar-refractivity contribution in [2.75, 3.05) is 25.0 Å². The normalized spacial score (nSPS) is 14.7. The summed E-state index contributed by atoms with van der Waals surface area (Å²) in [6.07, 6.45) is 1.63. The standard InChI is InChI=1S/C23H27FN4O5/c1-5-28(22(30)23(31)33-6-2)11-19(27-32)20-12(3)18(25-13(20)4)10-16-15-9-14(24)7-8-17(15)26-21(16)29/h7-10,19,25,27,32H,5-6,11H2,1-4H3,(H,26,29)/b16-10-. The minimum Gasteiger partial charge on any atom is -0.459 e. The third-order valence-electron chi connectivity index (χ3n) is 5.61. The lowest BCUT2D eigenvalue weighted by Crippen LogP contribution is -2.42. The lowest BCUT2D eigenvalue weighted by Gasteiger charge is -2.25. The molecular weight excluding hydrogens is 431 g/mol. The number of halogens is 1. The van der Waals surface area contributed by atoms with E-state index in [1.807, 2.05) is 0 Å². The summed E-state index contributed by atoms with van der Waals surface area (Å²) in [5.41, 5.74) is 6.21. The Morgan fingerprint density at radius 2 is 2.03 bits per heavy atom. The van der Waals surface area contributed by atoms with Crippen LogP contribution in [0.2, 0.25) is 0 Å². The van der Waals surface area contributed by atoms with E-state index in [9.17, 15) is 24.0 Å². The Bertz CT molecular complexity index is 1120. The number of nitrogens with zero attached hydrogens (tertiary/aromatic N) is 1. The summed E-state index contributed by atoms with van der Waals surface area (Å²) in [6, 6.07) is 3.36. The number of ether oxygens (including phenoxy) is 1. The number of likely N-dealkylation sites (N-methyl/N-ethyl adjacent to an activating group) is 1. The number of esters is 1. The molecule has 1 atom stereocenters. The summed E-state index contributed by atoms with van der Waals surface area (Å²) in [5, 5.41) is 12.6. The molecule has 2 heterocycles. The van der Waals surface area contributed by atoms with Gasteiger partial charge in [-0.2, -0.15) is 5.48 Å². The topological polar surface area (TPSA) is 124 Å². The highest BCUT2D eigenvalue weighted by molar-refractivity contribution is 6.35. The van der Waals surface area contributed by atoms with Crippen LogP contribution in [0, 0.1) is 19.7 Å². The van der Waals surface area contributed by atoms with Gasteiger partial charge in [-0.15, -0.1) is 0 Å². The minimum absolute atomic E-state index is 0.00865. The highest BCUT2D eigenvalue weighted by Crippen LogP contribution is 2.35. The highest BCUT2D eigenvalue weighted by atomic mass is 19.1. The minimum atomic E-state index is -0.956. The second kappa shape index (κ2) is 9.97. The van der Waals surface area contributed by atoms with Gasteiger partial charge < -0.3 is 25.1 Å². The summed E-state index contributed by atoms with van der Waals surface area (Å²) in [7, 11) is 0. The van der Waals surface area contributed by atoms with Crippen LogP contribution in [0.4, 0.5) is 10.1 Å². The zero-order valence-corrected chi connectivity index (χ0v) is 18.9. The average Bonchev–Trinajstić information content (AvgIpc) is 3.24. The number of nitrogens with one attached hydrogen (secondary N) is 3. The third-order valence-corrected chi connectivity index (χ3v) is 5.61. The Morgan fingerprint density at radius 1 is 1.30 bits per heavy atom. The summed E-state index contributed by atoms with van der Waals surface area (Å²) in [6.45, 7) is 7.25. The molecule has 0 radical (unpaired) electrons. The summed E-state index contributed by atoms with van der Waals surface area (Å²) < 4.78 is 18.5. The van der Waals surface area contributed by atoms with Crippen molar-refractivity contribution < 1.29 is 28.7 Å². The van der Waals surface area contributed by atoms with Gasteiger partial charge in [0, 0.05) is 35.7 Å². The molecule has 1 aromatic heterocycles. The molecule has 0 saturated heterocycles. The number of hydroxylamine groups is 1. The van der Waals surface area contributed by atoms with Gasteiger partial charge in [-0.05, 0) is 63.1 Å². The number of aromatic amines is 1. The Labute approximate surface area is 190 Å². The van der Waals surface area contributed by atoms with E-state index in [0.717, 1.165) is 5.56 Å². The van der Waals surface area contributed by atoms with Crippen molar-refractivity contribution in [1.82, 2.24) is 15.4 Å². The number of aromatic nitrogens is 1. The molecule has 1 aromatic carbocycles. The molecule has 1 unspecified atom stereocenters. The van der Waals surface area contributed by atoms with E-state index >= 15 is 0 Å². The summed E-state index contributed by atoms with van der Waals surface area (Å²) >= 11 is 0. The second-order valence-electron chi connectivity index (χ2n) is 7.65. The summed E-state index contributed by atoms with van der Waals surface area (Å²) in [4.78, 5) is 41.2. The lowest BCUT2D eigenvalue weighted by molar-refractivity contribution is -0.160. The van der Waals surface area contributed by atoms with Crippen LogP contribution in [0.5, 0.6) is 0 Å². The van der Waals surface area contributed by atoms with E-state index in [4.69, 9.17) is 4.74 Å². The van der Waals surface area contributed by atoms with Crippen LogP contribution in [0.25, 0.3) is 11.6 Å². The second-order valence-corrected chi connectivity index (χ2v) is 7.65. The highest BCUT2D eigenvalue weighted by Gasteiger charge is 2.29. The van der Waals surface area contributed by atoms with Gasteiger partial charge in [-0.3, -0.25) is 9.59 Å². The molecule has 3 rings (SSSR count). The molecule has 1 aliphatic heterocycles. The molecule has 1 aliphatic rings. The van der Waals surface area contributed by atoms with Gasteiger partial charge in [0.2, 0.25) is 0 Å². The molecule has 2 amide bonds. The number of H-pyrrole nitrogens is 1. The molecule has 176 valence electrons. The maximum atomic E-state index is 13.8. The molecule has 4 N–H and O–H groups in total. The van der Waals surface area contributed by atoms with Gasteiger partial charge in [0.25, 0.3) is 5.91 Å². The van der Waals surface area contributed by atoms with Crippen LogP contribution < -0.4 is 10.8 Å². The number of fused-ring (bicyclic) bond motifs is 1. The van der Waals surface area contributed by atoms with Crippen molar-refractivity contribution >= 4 is 35.1 Å². The molecular formula is C23H27FN4O5. The van der Waals surface area contributed by atoms with Crippen molar-refractivity contribution in [3.8, 4) is 0 Å². The van der Waals surface area contributed by atoms with Gasteiger partial charge in [0.15, 0.2) is 0 Å². The van der Waals surface area contributed by atoms with Gasteiger partial charge in [0.05, 0.1) is 18.2 Å². The molecule has 0 spiro atoms. The smallest absolute Gasteiger partial charge is 0.397 e. The van der Waals surface area contributed by atoms with Crippen LogP contribution in [-0.2, 0) is 19.1 Å². The third kappa shape index (κ3) is 4.81. The Hall–Kier alpha value is -3.50. The van der Waals surface area contributed by atoms with Crippen molar-refractivity contribution in [2.45, 2.75) is 33.7 Å². The van der Waals surface area contributed by atoms with Crippen LogP contribution in [0.3, 0.4) is 0 Å². The van der Waals surface area contributed by atoms with Crippen LogP contribution >= 0.6 is 0 Å². The number of amides is 2. The quantitative estimate of drug-likeness (QED) is 0.219. The van der Waals surface area contributed by atoms with Gasteiger partial charge in [-0.25, -0.2) is 9.18 Å². The van der Waals surface area contributed by atoms with Gasteiger partial charge >= 0.3 is 11.9 Å². The molecule has 0 bridgehead atoms. The van der Waals surface area contributed by atoms with E-state index in [-0.39, 0.29) is 25.6 Å². The number of anilines is 1. The first-order valence-electron chi connectivity index (χ1n) is 10.6. The van der Waals surface area contributed by atoms with Crippen molar-refractivity contribution in [2.24, 2.45) is 0 Å². The fourth-order valence-corrected chi connectivity index (χ4v) is 4.00. The molecule has 33 heavy (non-hydrogen) atoms. The first-order chi connectivity index (χ1) is 15.7. The SMILES string of the molecule is CCOC(=O)C(=O)N(CC)CC(NO)c1c(C)[nH]c(/C=C2\C(=O)Nc3ccc(F)cc32)c1C. The molecule has 0 saturated carbocycles. The predicted molar refractivity (Wildman–Crippen MR) is 120 cm³/mol. The maximum absolute atomic E-state index is 13.8. The molecule has 10 heteroatoms. The number of carbonyl (C=O) groups excluding carboxylic acids is 3. The Kier molecular flexibility index (Phi) is 7.29. The first kappa shape index (κ1) is 24.1. The fraction of sp³-hybridized carbons (Fsp3) is 0.348. The average molecular weight is 458 g/mol. The summed E-state index contributed by atoms with van der Waals surface area (Å²) in [5.74, 6) is -2.55. The zero-order valence-electron chi connectivity index (χ0n) is 18.9. The van der Waals surface area contributed by atoms with Gasteiger partial charge in [-0.1, -0.05) is 0 Å². The number of rotatable bonds is 7. The largest absolute Gasteiger partial charge is 0.459 e. The Balaban J connectivity index is 1.93. The van der Waals surface area contributed by atoms with E-state index in [1.165, 1.54) is 23.1 Å². The van der Waals surface area contributed by atoms with Crippen LogP contribution in [0.15, 0.2) is 18.2 Å². The van der Waals surface area contributed by atoms with E-state index < -0.39 is 23.7 Å². The monoisotopic (exact) mass is 458 g/mol. The number of aryl methyl sites for hydroxylation is 1. The first-order valence-corrected chi connectivity index (χ1v) is 10.6. The molecule has 0 fully saturated rings. The van der Waals surface area contributed by atoms with Crippen molar-refractivity contribution in [1.29, 1.82) is 0 Å². The van der Waals surface area contributed by atoms with E-state index in [0.29, 0.717) is 33.8 Å². The fourth-order valence-electron chi connectivity index (χ4n) is 4.00. The van der Waals surface area contributed by atoms with E-state index in [2.05, 4.69) is 15.8 Å². The number of benzene rings is 1. The van der Waals surface area contributed by atoms with Crippen LogP contribution in [-0.4, -0.2) is 52.6 Å².